The van der Waals surface area contributed by atoms with Crippen LogP contribution in [0.4, 0.5) is 5.69 Å². The highest BCUT2D eigenvalue weighted by molar-refractivity contribution is 6.13. The van der Waals surface area contributed by atoms with E-state index < -0.39 is 22.3 Å². The lowest BCUT2D eigenvalue weighted by Gasteiger charge is -2.09. The van der Waals surface area contributed by atoms with E-state index in [9.17, 15) is 20.0 Å². The molecule has 0 atom stereocenters. The third kappa shape index (κ3) is 3.61. The standard InChI is InChI=1S/C22H14N2O5/c25-20-17(7-4-8-19(20)24(27)28)13-18-22(26)29-21(23-18)16-11-9-15(10-12-16)14-5-2-1-3-6-14/h1-13,25H/p-1. The summed E-state index contributed by atoms with van der Waals surface area (Å²) in [5.74, 6) is -1.40. The van der Waals surface area contributed by atoms with Crippen LogP contribution in [0.5, 0.6) is 5.75 Å². The zero-order valence-electron chi connectivity index (χ0n) is 14.9. The van der Waals surface area contributed by atoms with Gasteiger partial charge in [-0.25, -0.2) is 9.79 Å². The second kappa shape index (κ2) is 7.40. The maximum absolute atomic E-state index is 12.1. The Balaban J connectivity index is 1.64. The fourth-order valence-corrected chi connectivity index (χ4v) is 2.92. The van der Waals surface area contributed by atoms with Crippen molar-refractivity contribution in [2.45, 2.75) is 0 Å². The molecule has 0 unspecified atom stereocenters. The number of nitrogens with zero attached hydrogens (tertiary/aromatic N) is 2. The largest absolute Gasteiger partial charge is 0.867 e. The Hall–Kier alpha value is -4.26. The maximum atomic E-state index is 12.1. The minimum Gasteiger partial charge on any atom is -0.867 e. The number of carbonyl (C=O) groups excluding carboxylic acids is 1. The van der Waals surface area contributed by atoms with Crippen molar-refractivity contribution in [2.24, 2.45) is 4.99 Å². The van der Waals surface area contributed by atoms with Crippen LogP contribution < -0.4 is 5.11 Å². The number of rotatable bonds is 4. The molecule has 0 aliphatic carbocycles. The van der Waals surface area contributed by atoms with Gasteiger partial charge in [-0.15, -0.1) is 0 Å². The van der Waals surface area contributed by atoms with E-state index in [0.29, 0.717) is 5.56 Å². The first-order chi connectivity index (χ1) is 14.0. The molecule has 3 aromatic carbocycles. The van der Waals surface area contributed by atoms with Crippen LogP contribution in [0.2, 0.25) is 0 Å². The van der Waals surface area contributed by atoms with Gasteiger partial charge < -0.3 is 9.84 Å². The molecule has 7 nitrogen and oxygen atoms in total. The van der Waals surface area contributed by atoms with Crippen molar-refractivity contribution >= 4 is 23.6 Å². The van der Waals surface area contributed by atoms with Gasteiger partial charge in [-0.3, -0.25) is 10.1 Å². The number of benzene rings is 3. The van der Waals surface area contributed by atoms with Crippen molar-refractivity contribution in [3.8, 4) is 16.9 Å². The summed E-state index contributed by atoms with van der Waals surface area (Å²) in [6.45, 7) is 0. The summed E-state index contributed by atoms with van der Waals surface area (Å²) in [5, 5.41) is 23.0. The second-order valence-electron chi connectivity index (χ2n) is 6.23. The molecule has 0 N–H and O–H groups in total. The number of nitro benzene ring substituents is 1. The molecule has 3 aromatic rings. The van der Waals surface area contributed by atoms with Crippen LogP contribution in [0.3, 0.4) is 0 Å². The minimum atomic E-state index is -0.784. The lowest BCUT2D eigenvalue weighted by molar-refractivity contribution is -0.398. The third-order valence-electron chi connectivity index (χ3n) is 4.37. The molecule has 0 amide bonds. The van der Waals surface area contributed by atoms with Gasteiger partial charge in [-0.1, -0.05) is 54.6 Å². The van der Waals surface area contributed by atoms with Crippen molar-refractivity contribution in [1.82, 2.24) is 0 Å². The molecule has 0 radical (unpaired) electrons. The molecule has 0 aromatic heterocycles. The number of hydrogen-bond donors (Lipinski definition) is 0. The number of hydrogen-bond acceptors (Lipinski definition) is 6. The number of para-hydroxylation sites is 1. The molecule has 4 rings (SSSR count). The molecule has 0 spiro atoms. The smallest absolute Gasteiger partial charge is 0.363 e. The topological polar surface area (TPSA) is 105 Å². The molecular formula is C22H13N2O5-. The average Bonchev–Trinajstić information content (AvgIpc) is 3.10. The van der Waals surface area contributed by atoms with Gasteiger partial charge in [0.2, 0.25) is 5.90 Å². The van der Waals surface area contributed by atoms with Crippen LogP contribution in [-0.4, -0.2) is 16.8 Å². The van der Waals surface area contributed by atoms with Gasteiger partial charge in [0.25, 0.3) is 5.69 Å². The first kappa shape index (κ1) is 18.1. The Kier molecular flexibility index (Phi) is 4.62. The molecular weight excluding hydrogens is 372 g/mol. The first-order valence-corrected chi connectivity index (χ1v) is 8.66. The van der Waals surface area contributed by atoms with Crippen molar-refractivity contribution in [1.29, 1.82) is 0 Å². The minimum absolute atomic E-state index is 0.00410. The van der Waals surface area contributed by atoms with E-state index in [1.54, 1.807) is 12.1 Å². The van der Waals surface area contributed by atoms with Gasteiger partial charge in [0.15, 0.2) is 5.70 Å². The fourth-order valence-electron chi connectivity index (χ4n) is 2.92. The van der Waals surface area contributed by atoms with Gasteiger partial charge in [-0.05, 0) is 40.6 Å². The SMILES string of the molecule is O=C1OC(c2ccc(-c3ccccc3)cc2)=NC1=Cc1cccc([N+](=O)[O-])c1[O-]. The molecule has 1 aliphatic heterocycles. The number of cyclic esters (lactones) is 1. The van der Waals surface area contributed by atoms with Gasteiger partial charge in [-0.2, -0.15) is 0 Å². The summed E-state index contributed by atoms with van der Waals surface area (Å²) in [4.78, 5) is 26.4. The predicted molar refractivity (Wildman–Crippen MR) is 105 cm³/mol. The quantitative estimate of drug-likeness (QED) is 0.295. The van der Waals surface area contributed by atoms with Crippen molar-refractivity contribution in [3.63, 3.8) is 0 Å². The highest BCUT2D eigenvalue weighted by atomic mass is 16.6. The Bertz CT molecular complexity index is 1170. The van der Waals surface area contributed by atoms with E-state index in [1.807, 2.05) is 42.5 Å². The number of esters is 1. The van der Waals surface area contributed by atoms with Gasteiger partial charge in [0.1, 0.15) is 0 Å². The van der Waals surface area contributed by atoms with E-state index in [1.165, 1.54) is 18.2 Å². The number of nitro groups is 1. The van der Waals surface area contributed by atoms with E-state index >= 15 is 0 Å². The highest BCUT2D eigenvalue weighted by Crippen LogP contribution is 2.30. The van der Waals surface area contributed by atoms with Crippen LogP contribution in [0.25, 0.3) is 17.2 Å². The summed E-state index contributed by atoms with van der Waals surface area (Å²) < 4.78 is 5.20. The molecule has 0 saturated carbocycles. The van der Waals surface area contributed by atoms with E-state index in [-0.39, 0.29) is 17.2 Å². The summed E-state index contributed by atoms with van der Waals surface area (Å²) >= 11 is 0. The Morgan fingerprint density at radius 2 is 1.52 bits per heavy atom. The molecule has 29 heavy (non-hydrogen) atoms. The van der Waals surface area contributed by atoms with Crippen molar-refractivity contribution in [3.05, 3.63) is 99.7 Å². The molecule has 1 heterocycles. The molecule has 7 heteroatoms. The van der Waals surface area contributed by atoms with E-state index in [2.05, 4.69) is 4.99 Å². The van der Waals surface area contributed by atoms with Crippen molar-refractivity contribution in [2.75, 3.05) is 0 Å². The number of carbonyl (C=O) groups is 1. The summed E-state index contributed by atoms with van der Waals surface area (Å²) in [6, 6.07) is 21.0. The molecule has 1 aliphatic rings. The Labute approximate surface area is 165 Å². The van der Waals surface area contributed by atoms with Gasteiger partial charge in [0.05, 0.1) is 4.92 Å². The first-order valence-electron chi connectivity index (χ1n) is 8.66. The van der Waals surface area contributed by atoms with Crippen LogP contribution in [-0.2, 0) is 9.53 Å². The van der Waals surface area contributed by atoms with Crippen molar-refractivity contribution < 1.29 is 19.6 Å². The monoisotopic (exact) mass is 385 g/mol. The van der Waals surface area contributed by atoms with Crippen LogP contribution in [0, 0.1) is 10.1 Å². The third-order valence-corrected chi connectivity index (χ3v) is 4.37. The lowest BCUT2D eigenvalue weighted by atomic mass is 10.0. The molecule has 0 saturated heterocycles. The zero-order valence-corrected chi connectivity index (χ0v) is 14.9. The zero-order chi connectivity index (χ0) is 20.4. The number of ether oxygens (including phenoxy) is 1. The molecule has 142 valence electrons. The molecule has 0 bridgehead atoms. The highest BCUT2D eigenvalue weighted by Gasteiger charge is 2.24. The predicted octanol–water partition coefficient (Wildman–Crippen LogP) is 3.68. The fraction of sp³-hybridized carbons (Fsp3) is 0. The van der Waals surface area contributed by atoms with Crippen LogP contribution in [0.15, 0.2) is 83.5 Å². The van der Waals surface area contributed by atoms with Gasteiger partial charge >= 0.3 is 5.97 Å². The molecule has 0 fully saturated rings. The lowest BCUT2D eigenvalue weighted by Crippen LogP contribution is -2.05. The second-order valence-corrected chi connectivity index (χ2v) is 6.23. The number of aliphatic imine (C=N–C) groups is 1. The van der Waals surface area contributed by atoms with E-state index in [0.717, 1.165) is 17.2 Å². The van der Waals surface area contributed by atoms with Gasteiger partial charge in [0, 0.05) is 11.6 Å². The summed E-state index contributed by atoms with van der Waals surface area (Å²) in [7, 11) is 0. The summed E-state index contributed by atoms with van der Waals surface area (Å²) in [5.41, 5.74) is 2.00. The van der Waals surface area contributed by atoms with Crippen LogP contribution >= 0.6 is 0 Å². The maximum Gasteiger partial charge on any atom is 0.363 e. The van der Waals surface area contributed by atoms with Crippen LogP contribution in [0.1, 0.15) is 11.1 Å². The normalized spacial score (nSPS) is 14.6. The summed E-state index contributed by atoms with van der Waals surface area (Å²) in [6.07, 6.45) is 1.20. The van der Waals surface area contributed by atoms with E-state index in [4.69, 9.17) is 4.74 Å². The Morgan fingerprint density at radius 1 is 0.862 bits per heavy atom. The average molecular weight is 385 g/mol. The Morgan fingerprint density at radius 3 is 2.21 bits per heavy atom.